The second-order valence-electron chi connectivity index (χ2n) is 10.7. The summed E-state index contributed by atoms with van der Waals surface area (Å²) in [5.41, 5.74) is 1.03. The summed E-state index contributed by atoms with van der Waals surface area (Å²) in [7, 11) is 0. The highest BCUT2D eigenvalue weighted by molar-refractivity contribution is 6.01. The Labute approximate surface area is 202 Å². The van der Waals surface area contributed by atoms with Gasteiger partial charge in [-0.25, -0.2) is 4.98 Å². The molecule has 8 rings (SSSR count). The van der Waals surface area contributed by atoms with Crippen LogP contribution in [0.3, 0.4) is 0 Å². The first-order chi connectivity index (χ1) is 17.2. The van der Waals surface area contributed by atoms with E-state index in [1.807, 2.05) is 42.5 Å². The number of para-hydroxylation sites is 1. The average molecular weight is 468 g/mol. The van der Waals surface area contributed by atoms with Gasteiger partial charge in [0.05, 0.1) is 10.9 Å². The third-order valence-corrected chi connectivity index (χ3v) is 8.62. The number of aromatic nitrogens is 3. The van der Waals surface area contributed by atoms with Gasteiger partial charge in [0.1, 0.15) is 0 Å². The third kappa shape index (κ3) is 3.39. The molecule has 7 heteroatoms. The fraction of sp³-hybridized carbons (Fsp3) is 0.429. The van der Waals surface area contributed by atoms with Crippen molar-refractivity contribution in [1.29, 1.82) is 0 Å². The van der Waals surface area contributed by atoms with E-state index in [4.69, 9.17) is 4.98 Å². The highest BCUT2D eigenvalue weighted by Gasteiger charge is 2.50. The SMILES string of the molecule is O=C(NCCNc1nn2c(=O)c3ccccc3nc2c2ccccc12)C1C2CC3CC(C2)CC1C3. The summed E-state index contributed by atoms with van der Waals surface area (Å²) in [5, 5.41) is 13.5. The van der Waals surface area contributed by atoms with Crippen LogP contribution in [-0.2, 0) is 4.79 Å². The molecule has 4 fully saturated rings. The van der Waals surface area contributed by atoms with Gasteiger partial charge >= 0.3 is 0 Å². The molecule has 2 heterocycles. The van der Waals surface area contributed by atoms with Crippen molar-refractivity contribution in [2.24, 2.45) is 29.6 Å². The average Bonchev–Trinajstić information content (AvgIpc) is 2.86. The van der Waals surface area contributed by atoms with Gasteiger partial charge in [-0.15, -0.1) is 5.10 Å². The second kappa shape index (κ2) is 8.04. The molecule has 0 atom stereocenters. The minimum absolute atomic E-state index is 0.186. The van der Waals surface area contributed by atoms with Gasteiger partial charge in [-0.05, 0) is 67.9 Å². The standard InChI is InChI=1S/C28H29N5O2/c34-27(24-18-12-16-11-17(14-18)15-19(24)13-16)30-10-9-29-25-20-5-1-2-6-21(20)26-31-23-8-4-3-7-22(23)28(35)33(26)32-25/h1-8,16-19,24H,9-15H2,(H,29,32)(H,30,34). The van der Waals surface area contributed by atoms with Crippen LogP contribution in [-0.4, -0.2) is 33.6 Å². The molecule has 4 saturated carbocycles. The van der Waals surface area contributed by atoms with Crippen LogP contribution >= 0.6 is 0 Å². The maximum Gasteiger partial charge on any atom is 0.282 e. The minimum Gasteiger partial charge on any atom is -0.366 e. The Kier molecular flexibility index (Phi) is 4.79. The van der Waals surface area contributed by atoms with Crippen molar-refractivity contribution in [1.82, 2.24) is 19.9 Å². The van der Waals surface area contributed by atoms with Crippen LogP contribution in [0.25, 0.3) is 27.3 Å². The molecular formula is C28H29N5O2. The molecule has 0 saturated heterocycles. The Morgan fingerprint density at radius 2 is 1.51 bits per heavy atom. The molecule has 7 nitrogen and oxygen atoms in total. The second-order valence-corrected chi connectivity index (χ2v) is 10.7. The van der Waals surface area contributed by atoms with Gasteiger partial charge in [-0.1, -0.05) is 36.4 Å². The summed E-state index contributed by atoms with van der Waals surface area (Å²) in [6, 6.07) is 15.2. The summed E-state index contributed by atoms with van der Waals surface area (Å²) in [6.45, 7) is 1.07. The summed E-state index contributed by atoms with van der Waals surface area (Å²) in [6.07, 6.45) is 6.37. The van der Waals surface area contributed by atoms with E-state index in [0.717, 1.165) is 22.6 Å². The highest BCUT2D eigenvalue weighted by Crippen LogP contribution is 2.56. The predicted molar refractivity (Wildman–Crippen MR) is 136 cm³/mol. The molecule has 2 aromatic heterocycles. The first-order valence-corrected chi connectivity index (χ1v) is 12.9. The molecule has 4 aliphatic rings. The molecular weight excluding hydrogens is 438 g/mol. The van der Waals surface area contributed by atoms with Crippen LogP contribution in [0.1, 0.15) is 32.1 Å². The molecule has 0 radical (unpaired) electrons. The van der Waals surface area contributed by atoms with Gasteiger partial charge in [-0.2, -0.15) is 4.52 Å². The summed E-state index contributed by atoms with van der Waals surface area (Å²) in [4.78, 5) is 31.0. The van der Waals surface area contributed by atoms with Crippen molar-refractivity contribution in [2.75, 3.05) is 18.4 Å². The number of hydrogen-bond acceptors (Lipinski definition) is 5. The molecule has 1 amide bonds. The molecule has 4 aliphatic carbocycles. The van der Waals surface area contributed by atoms with Gasteiger partial charge in [-0.3, -0.25) is 9.59 Å². The van der Waals surface area contributed by atoms with Crippen molar-refractivity contribution in [3.8, 4) is 0 Å². The molecule has 178 valence electrons. The number of amides is 1. The smallest absolute Gasteiger partial charge is 0.282 e. The van der Waals surface area contributed by atoms with Gasteiger partial charge in [0.15, 0.2) is 11.5 Å². The van der Waals surface area contributed by atoms with E-state index in [1.165, 1.54) is 36.6 Å². The lowest BCUT2D eigenvalue weighted by Crippen LogP contribution is -2.51. The maximum absolute atomic E-state index is 13.2. The quantitative estimate of drug-likeness (QED) is 0.263. The van der Waals surface area contributed by atoms with E-state index in [-0.39, 0.29) is 17.4 Å². The van der Waals surface area contributed by atoms with Crippen LogP contribution in [0.15, 0.2) is 53.3 Å². The minimum atomic E-state index is -0.186. The van der Waals surface area contributed by atoms with Crippen molar-refractivity contribution >= 4 is 39.0 Å². The number of hydrogen-bond donors (Lipinski definition) is 2. The molecule has 4 bridgehead atoms. The molecule has 2 aromatic carbocycles. The fourth-order valence-electron chi connectivity index (χ4n) is 7.40. The summed E-state index contributed by atoms with van der Waals surface area (Å²) in [5.74, 6) is 3.94. The number of anilines is 1. The number of carbonyl (C=O) groups is 1. The summed E-state index contributed by atoms with van der Waals surface area (Å²) < 4.78 is 1.39. The zero-order chi connectivity index (χ0) is 23.5. The lowest BCUT2D eigenvalue weighted by molar-refractivity contribution is -0.138. The molecule has 2 N–H and O–H groups in total. The van der Waals surface area contributed by atoms with Crippen molar-refractivity contribution in [2.45, 2.75) is 32.1 Å². The van der Waals surface area contributed by atoms with Gasteiger partial charge < -0.3 is 10.6 Å². The number of nitrogens with zero attached hydrogens (tertiary/aromatic N) is 3. The van der Waals surface area contributed by atoms with Crippen LogP contribution in [0.4, 0.5) is 5.82 Å². The lowest BCUT2D eigenvalue weighted by atomic mass is 9.51. The van der Waals surface area contributed by atoms with Crippen LogP contribution in [0, 0.1) is 29.6 Å². The number of fused-ring (bicyclic) bond motifs is 4. The first kappa shape index (κ1) is 20.9. The third-order valence-electron chi connectivity index (χ3n) is 8.62. The van der Waals surface area contributed by atoms with Crippen molar-refractivity contribution in [3.05, 3.63) is 58.9 Å². The summed E-state index contributed by atoms with van der Waals surface area (Å²) >= 11 is 0. The van der Waals surface area contributed by atoms with Gasteiger partial charge in [0, 0.05) is 29.8 Å². The van der Waals surface area contributed by atoms with Crippen LogP contribution in [0.5, 0.6) is 0 Å². The molecule has 0 aliphatic heterocycles. The Balaban J connectivity index is 1.12. The number of benzene rings is 2. The number of nitrogens with one attached hydrogen (secondary N) is 2. The molecule has 0 unspecified atom stereocenters. The van der Waals surface area contributed by atoms with Gasteiger partial charge in [0.25, 0.3) is 5.56 Å². The zero-order valence-corrected chi connectivity index (χ0v) is 19.6. The van der Waals surface area contributed by atoms with Crippen LogP contribution in [0.2, 0.25) is 0 Å². The van der Waals surface area contributed by atoms with Crippen molar-refractivity contribution < 1.29 is 4.79 Å². The van der Waals surface area contributed by atoms with Gasteiger partial charge in [0.2, 0.25) is 5.91 Å². The highest BCUT2D eigenvalue weighted by atomic mass is 16.2. The first-order valence-electron chi connectivity index (χ1n) is 12.9. The van der Waals surface area contributed by atoms with Crippen molar-refractivity contribution in [3.63, 3.8) is 0 Å². The molecule has 35 heavy (non-hydrogen) atoms. The van der Waals surface area contributed by atoms with E-state index in [0.29, 0.717) is 47.3 Å². The fourth-order valence-corrected chi connectivity index (χ4v) is 7.40. The van der Waals surface area contributed by atoms with E-state index in [2.05, 4.69) is 15.7 Å². The van der Waals surface area contributed by atoms with E-state index in [9.17, 15) is 9.59 Å². The maximum atomic E-state index is 13.2. The largest absolute Gasteiger partial charge is 0.366 e. The Morgan fingerprint density at radius 1 is 0.857 bits per heavy atom. The molecule has 0 spiro atoms. The Bertz CT molecular complexity index is 1500. The number of rotatable bonds is 5. The number of carbonyl (C=O) groups excluding carboxylic acids is 1. The van der Waals surface area contributed by atoms with E-state index < -0.39 is 0 Å². The molecule has 4 aromatic rings. The van der Waals surface area contributed by atoms with E-state index >= 15 is 0 Å². The van der Waals surface area contributed by atoms with E-state index in [1.54, 1.807) is 6.07 Å². The zero-order valence-electron chi connectivity index (χ0n) is 19.6. The normalized spacial score (nSPS) is 27.0. The van der Waals surface area contributed by atoms with Crippen LogP contribution < -0.4 is 16.2 Å². The predicted octanol–water partition coefficient (Wildman–Crippen LogP) is 4.00. The lowest BCUT2D eigenvalue weighted by Gasteiger charge is -2.53. The topological polar surface area (TPSA) is 88.4 Å². The monoisotopic (exact) mass is 467 g/mol. The Hall–Kier alpha value is -3.48. The Morgan fingerprint density at radius 3 is 2.26 bits per heavy atom.